The van der Waals surface area contributed by atoms with Crippen LogP contribution in [0.3, 0.4) is 0 Å². The average molecular weight is 450 g/mol. The van der Waals surface area contributed by atoms with Gasteiger partial charge < -0.3 is 16.4 Å². The monoisotopic (exact) mass is 449 g/mol. The van der Waals surface area contributed by atoms with E-state index in [1.165, 1.54) is 0 Å². The maximum absolute atomic E-state index is 6.05. The molecule has 0 aliphatic heterocycles. The van der Waals surface area contributed by atoms with Crippen LogP contribution >= 0.6 is 11.6 Å². The van der Waals surface area contributed by atoms with Gasteiger partial charge in [-0.1, -0.05) is 23.7 Å². The zero-order valence-electron chi connectivity index (χ0n) is 17.4. The van der Waals surface area contributed by atoms with Crippen LogP contribution < -0.4 is 16.4 Å². The van der Waals surface area contributed by atoms with Crippen molar-refractivity contribution in [3.05, 3.63) is 53.3 Å². The number of hydrogen-bond acceptors (Lipinski definition) is 8. The summed E-state index contributed by atoms with van der Waals surface area (Å²) in [7, 11) is 0. The summed E-state index contributed by atoms with van der Waals surface area (Å²) < 4.78 is 0. The molecule has 5 rings (SSSR count). The van der Waals surface area contributed by atoms with Gasteiger partial charge in [0.15, 0.2) is 5.65 Å². The molecule has 1 aliphatic carbocycles. The van der Waals surface area contributed by atoms with Gasteiger partial charge in [-0.05, 0) is 49.4 Å². The van der Waals surface area contributed by atoms with E-state index < -0.39 is 0 Å². The maximum atomic E-state index is 6.05. The van der Waals surface area contributed by atoms with Crippen LogP contribution in [-0.2, 0) is 6.54 Å². The lowest BCUT2D eigenvalue weighted by molar-refractivity contribution is 0.410. The molecule has 0 spiro atoms. The number of benzene rings is 1. The number of anilines is 2. The van der Waals surface area contributed by atoms with E-state index in [1.807, 2.05) is 30.3 Å². The number of hydrogen-bond donors (Lipinski definition) is 4. The molecule has 0 bridgehead atoms. The Morgan fingerprint density at radius 3 is 2.78 bits per heavy atom. The van der Waals surface area contributed by atoms with E-state index in [2.05, 4.69) is 40.8 Å². The number of fused-ring (bicyclic) bond motifs is 1. The van der Waals surface area contributed by atoms with Gasteiger partial charge >= 0.3 is 0 Å². The smallest absolute Gasteiger partial charge is 0.224 e. The van der Waals surface area contributed by atoms with Crippen LogP contribution in [0.1, 0.15) is 31.2 Å². The minimum absolute atomic E-state index is 0.310. The molecular formula is C22H24ClN9. The summed E-state index contributed by atoms with van der Waals surface area (Å²) in [6.07, 6.45) is 7.59. The Morgan fingerprint density at radius 2 is 1.94 bits per heavy atom. The van der Waals surface area contributed by atoms with Crippen molar-refractivity contribution >= 4 is 34.5 Å². The van der Waals surface area contributed by atoms with Gasteiger partial charge in [-0.3, -0.25) is 5.10 Å². The highest BCUT2D eigenvalue weighted by atomic mass is 35.5. The van der Waals surface area contributed by atoms with Crippen LogP contribution in [0.25, 0.3) is 22.4 Å². The maximum Gasteiger partial charge on any atom is 0.224 e. The topological polar surface area (TPSA) is 130 Å². The lowest BCUT2D eigenvalue weighted by Crippen LogP contribution is -2.33. The molecular weight excluding hydrogens is 426 g/mol. The zero-order chi connectivity index (χ0) is 21.9. The Hall–Kier alpha value is -3.30. The first-order chi connectivity index (χ1) is 15.6. The van der Waals surface area contributed by atoms with Crippen molar-refractivity contribution < 1.29 is 0 Å². The number of nitrogens with one attached hydrogen (secondary N) is 3. The van der Waals surface area contributed by atoms with Gasteiger partial charge in [-0.25, -0.2) is 15.0 Å². The molecule has 1 aromatic carbocycles. The number of rotatable bonds is 6. The van der Waals surface area contributed by atoms with E-state index in [9.17, 15) is 0 Å². The van der Waals surface area contributed by atoms with E-state index in [0.29, 0.717) is 52.6 Å². The third-order valence-electron chi connectivity index (χ3n) is 5.66. The second-order valence-corrected chi connectivity index (χ2v) is 8.47. The lowest BCUT2D eigenvalue weighted by Gasteiger charge is -2.26. The summed E-state index contributed by atoms with van der Waals surface area (Å²) in [6, 6.07) is 10.1. The largest absolute Gasteiger partial charge is 0.351 e. The summed E-state index contributed by atoms with van der Waals surface area (Å²) in [6.45, 7) is 0.565. The van der Waals surface area contributed by atoms with Crippen LogP contribution in [-0.4, -0.2) is 42.2 Å². The summed E-state index contributed by atoms with van der Waals surface area (Å²) >= 11 is 6.05. The Labute approximate surface area is 190 Å². The molecule has 0 amide bonds. The van der Waals surface area contributed by atoms with Crippen molar-refractivity contribution in [3.8, 4) is 11.4 Å². The quantitative estimate of drug-likeness (QED) is 0.350. The first-order valence-corrected chi connectivity index (χ1v) is 11.1. The molecule has 32 heavy (non-hydrogen) atoms. The number of nitrogens with two attached hydrogens (primary N) is 1. The van der Waals surface area contributed by atoms with Crippen molar-refractivity contribution in [2.45, 2.75) is 44.3 Å². The van der Waals surface area contributed by atoms with Crippen molar-refractivity contribution in [2.75, 3.05) is 10.6 Å². The van der Waals surface area contributed by atoms with E-state index in [1.54, 1.807) is 12.4 Å². The SMILES string of the molecule is N[C@H]1CC[C@H](Nc2ncc3c(-c4ccnc(NCc5cccc(Cl)c5)n4)n[nH]c3n2)CC1. The van der Waals surface area contributed by atoms with Gasteiger partial charge in [0, 0.05) is 36.0 Å². The molecule has 5 N–H and O–H groups in total. The highest BCUT2D eigenvalue weighted by Crippen LogP contribution is 2.25. The first-order valence-electron chi connectivity index (χ1n) is 10.7. The molecule has 164 valence electrons. The predicted molar refractivity (Wildman–Crippen MR) is 125 cm³/mol. The normalized spacial score (nSPS) is 18.6. The number of H-pyrrole nitrogens is 1. The second kappa shape index (κ2) is 9.05. The highest BCUT2D eigenvalue weighted by Gasteiger charge is 2.20. The second-order valence-electron chi connectivity index (χ2n) is 8.03. The number of aromatic amines is 1. The minimum Gasteiger partial charge on any atom is -0.351 e. The van der Waals surface area contributed by atoms with Gasteiger partial charge in [0.2, 0.25) is 11.9 Å². The van der Waals surface area contributed by atoms with Crippen LogP contribution in [0.2, 0.25) is 5.02 Å². The van der Waals surface area contributed by atoms with E-state index in [0.717, 1.165) is 36.6 Å². The molecule has 10 heteroatoms. The van der Waals surface area contributed by atoms with E-state index in [4.69, 9.17) is 17.3 Å². The van der Waals surface area contributed by atoms with Gasteiger partial charge in [0.25, 0.3) is 0 Å². The third kappa shape index (κ3) is 4.63. The van der Waals surface area contributed by atoms with Gasteiger partial charge in [0.05, 0.1) is 11.1 Å². The summed E-state index contributed by atoms with van der Waals surface area (Å²) in [5.74, 6) is 1.10. The predicted octanol–water partition coefficient (Wildman–Crippen LogP) is 3.76. The molecule has 3 heterocycles. The van der Waals surface area contributed by atoms with E-state index >= 15 is 0 Å². The van der Waals surface area contributed by atoms with Crippen molar-refractivity contribution in [2.24, 2.45) is 5.73 Å². The number of nitrogens with zero attached hydrogens (tertiary/aromatic N) is 5. The molecule has 4 aromatic rings. The lowest BCUT2D eigenvalue weighted by atomic mass is 9.92. The van der Waals surface area contributed by atoms with Crippen LogP contribution in [0.4, 0.5) is 11.9 Å². The first kappa shape index (κ1) is 20.6. The van der Waals surface area contributed by atoms with Crippen molar-refractivity contribution in [3.63, 3.8) is 0 Å². The fourth-order valence-corrected chi connectivity index (χ4v) is 4.14. The van der Waals surface area contributed by atoms with Crippen LogP contribution in [0.5, 0.6) is 0 Å². The Morgan fingerprint density at radius 1 is 1.06 bits per heavy atom. The standard InChI is InChI=1S/C22H24ClN9/c23-14-3-1-2-13(10-14)11-26-21-25-9-8-18(29-21)19-17-12-27-22(30-20(17)32-31-19)28-16-6-4-15(24)5-7-16/h1-3,8-10,12,15-16H,4-7,11,24H2,(H,25,26,29)(H2,27,28,30,31,32)/t15-,16-. The number of halogens is 1. The van der Waals surface area contributed by atoms with Gasteiger partial charge in [0.1, 0.15) is 5.69 Å². The third-order valence-corrected chi connectivity index (χ3v) is 5.90. The van der Waals surface area contributed by atoms with Crippen molar-refractivity contribution in [1.29, 1.82) is 0 Å². The molecule has 0 atom stereocenters. The Balaban J connectivity index is 1.31. The molecule has 3 aromatic heterocycles. The van der Waals surface area contributed by atoms with Crippen molar-refractivity contribution in [1.82, 2.24) is 30.1 Å². The molecule has 0 saturated heterocycles. The van der Waals surface area contributed by atoms with Gasteiger partial charge in [-0.2, -0.15) is 10.1 Å². The molecule has 1 fully saturated rings. The molecule has 9 nitrogen and oxygen atoms in total. The summed E-state index contributed by atoms with van der Waals surface area (Å²) in [5.41, 5.74) is 9.07. The molecule has 1 aliphatic rings. The Kier molecular flexibility index (Phi) is 5.83. The van der Waals surface area contributed by atoms with Crippen LogP contribution in [0, 0.1) is 0 Å². The summed E-state index contributed by atoms with van der Waals surface area (Å²) in [5, 5.41) is 15.6. The average Bonchev–Trinajstić information content (AvgIpc) is 3.23. The number of aromatic nitrogens is 6. The minimum atomic E-state index is 0.310. The Bertz CT molecular complexity index is 1220. The molecule has 1 saturated carbocycles. The highest BCUT2D eigenvalue weighted by molar-refractivity contribution is 6.30. The van der Waals surface area contributed by atoms with E-state index in [-0.39, 0.29) is 0 Å². The fourth-order valence-electron chi connectivity index (χ4n) is 3.92. The molecule has 0 unspecified atom stereocenters. The zero-order valence-corrected chi connectivity index (χ0v) is 18.2. The summed E-state index contributed by atoms with van der Waals surface area (Å²) in [4.78, 5) is 18.0. The fraction of sp³-hybridized carbons (Fsp3) is 0.318. The molecule has 0 radical (unpaired) electrons. The van der Waals surface area contributed by atoms with Crippen LogP contribution in [0.15, 0.2) is 42.7 Å². The van der Waals surface area contributed by atoms with Gasteiger partial charge in [-0.15, -0.1) is 0 Å².